The summed E-state index contributed by atoms with van der Waals surface area (Å²) < 4.78 is 4.91. The maximum atomic E-state index is 12.6. The average molecular weight is 431 g/mol. The number of nitrogens with zero attached hydrogens (tertiary/aromatic N) is 3. The highest BCUT2D eigenvalue weighted by Gasteiger charge is 2.35. The van der Waals surface area contributed by atoms with Gasteiger partial charge in [0.2, 0.25) is 0 Å². The number of benzene rings is 2. The summed E-state index contributed by atoms with van der Waals surface area (Å²) in [5.41, 5.74) is -0.0326. The molecule has 0 aromatic heterocycles. The van der Waals surface area contributed by atoms with E-state index in [9.17, 15) is 34.9 Å². The van der Waals surface area contributed by atoms with Crippen molar-refractivity contribution in [2.24, 2.45) is 0 Å². The molecule has 0 aliphatic carbocycles. The van der Waals surface area contributed by atoms with Gasteiger partial charge in [0.05, 0.1) is 34.5 Å². The molecule has 12 heteroatoms. The van der Waals surface area contributed by atoms with Gasteiger partial charge in [-0.2, -0.15) is 0 Å². The first-order valence-electron chi connectivity index (χ1n) is 8.25. The number of phenolic OH excluding ortho intramolecular Hbond substituents is 1. The molecule has 11 nitrogen and oxygen atoms in total. The van der Waals surface area contributed by atoms with Crippen LogP contribution in [0, 0.1) is 20.2 Å². The fourth-order valence-electron chi connectivity index (χ4n) is 2.67. The molecule has 1 saturated heterocycles. The van der Waals surface area contributed by atoms with Gasteiger partial charge in [0.25, 0.3) is 22.5 Å². The topological polar surface area (TPSA) is 153 Å². The van der Waals surface area contributed by atoms with Crippen LogP contribution >= 0.6 is 11.8 Å². The van der Waals surface area contributed by atoms with E-state index in [1.165, 1.54) is 37.5 Å². The molecule has 1 heterocycles. The third kappa shape index (κ3) is 4.07. The Morgan fingerprint density at radius 2 is 1.73 bits per heavy atom. The minimum Gasteiger partial charge on any atom is -0.504 e. The number of amides is 2. The Morgan fingerprint density at radius 1 is 1.10 bits per heavy atom. The number of imide groups is 1. The van der Waals surface area contributed by atoms with E-state index in [4.69, 9.17) is 4.74 Å². The molecule has 30 heavy (non-hydrogen) atoms. The molecular formula is C18H13N3O8S. The van der Waals surface area contributed by atoms with E-state index in [0.717, 1.165) is 17.0 Å². The summed E-state index contributed by atoms with van der Waals surface area (Å²) in [5, 5.41) is 31.4. The summed E-state index contributed by atoms with van der Waals surface area (Å²) in [6.45, 7) is -0.107. The lowest BCUT2D eigenvalue weighted by Crippen LogP contribution is -2.27. The second-order valence-corrected chi connectivity index (χ2v) is 7.03. The van der Waals surface area contributed by atoms with E-state index in [1.54, 1.807) is 0 Å². The number of nitro groups is 2. The van der Waals surface area contributed by atoms with E-state index in [0.29, 0.717) is 17.3 Å². The molecule has 0 spiro atoms. The lowest BCUT2D eigenvalue weighted by Gasteiger charge is -2.12. The fourth-order valence-corrected chi connectivity index (χ4v) is 3.50. The Labute approximate surface area is 172 Å². The lowest BCUT2D eigenvalue weighted by molar-refractivity contribution is -0.385. The molecule has 1 aliphatic heterocycles. The molecule has 0 bridgehead atoms. The van der Waals surface area contributed by atoms with Crippen molar-refractivity contribution in [2.75, 3.05) is 7.11 Å². The van der Waals surface area contributed by atoms with Crippen LogP contribution in [0.2, 0.25) is 0 Å². The second kappa shape index (κ2) is 8.21. The van der Waals surface area contributed by atoms with Gasteiger partial charge in [-0.05, 0) is 23.4 Å². The molecule has 0 unspecified atom stereocenters. The first-order valence-corrected chi connectivity index (χ1v) is 9.07. The summed E-state index contributed by atoms with van der Waals surface area (Å²) >= 11 is 0.609. The van der Waals surface area contributed by atoms with E-state index in [-0.39, 0.29) is 34.1 Å². The molecule has 0 saturated carbocycles. The van der Waals surface area contributed by atoms with Crippen molar-refractivity contribution in [1.82, 2.24) is 4.90 Å². The largest absolute Gasteiger partial charge is 0.504 e. The minimum absolute atomic E-state index is 0.0419. The van der Waals surface area contributed by atoms with Crippen molar-refractivity contribution in [1.29, 1.82) is 0 Å². The SMILES string of the molecule is COc1cc([N+](=O)[O-])cc(/C=C2\SC(=O)N(Cc3ccc([N+](=O)[O-])cc3)C2=O)c1O. The van der Waals surface area contributed by atoms with Crippen molar-refractivity contribution < 1.29 is 29.3 Å². The van der Waals surface area contributed by atoms with Crippen LogP contribution in [0.4, 0.5) is 16.2 Å². The smallest absolute Gasteiger partial charge is 0.293 e. The Balaban J connectivity index is 1.89. The van der Waals surface area contributed by atoms with Crippen molar-refractivity contribution >= 4 is 40.4 Å². The molecule has 2 amide bonds. The number of carbonyl (C=O) groups is 2. The van der Waals surface area contributed by atoms with E-state index in [1.807, 2.05) is 0 Å². The number of carbonyl (C=O) groups excluding carboxylic acids is 2. The summed E-state index contributed by atoms with van der Waals surface area (Å²) in [4.78, 5) is 46.4. The Kier molecular flexibility index (Phi) is 5.69. The number of rotatable bonds is 6. The Morgan fingerprint density at radius 3 is 2.30 bits per heavy atom. The van der Waals surface area contributed by atoms with Crippen LogP contribution in [-0.2, 0) is 11.3 Å². The zero-order valence-electron chi connectivity index (χ0n) is 15.3. The van der Waals surface area contributed by atoms with Crippen LogP contribution in [0.15, 0.2) is 41.3 Å². The highest BCUT2D eigenvalue weighted by Crippen LogP contribution is 2.39. The zero-order chi connectivity index (χ0) is 22.0. The molecule has 0 radical (unpaired) electrons. The third-order valence-corrected chi connectivity index (χ3v) is 5.08. The van der Waals surface area contributed by atoms with Crippen LogP contribution in [0.5, 0.6) is 11.5 Å². The average Bonchev–Trinajstić information content (AvgIpc) is 2.97. The molecule has 1 N–H and O–H groups in total. The van der Waals surface area contributed by atoms with Gasteiger partial charge in [-0.3, -0.25) is 34.7 Å². The first kappa shape index (κ1) is 20.8. The fraction of sp³-hybridized carbons (Fsp3) is 0.111. The number of methoxy groups -OCH3 is 1. The van der Waals surface area contributed by atoms with Gasteiger partial charge in [0, 0.05) is 23.8 Å². The molecule has 2 aromatic carbocycles. The van der Waals surface area contributed by atoms with E-state index < -0.39 is 26.7 Å². The third-order valence-electron chi connectivity index (χ3n) is 4.17. The van der Waals surface area contributed by atoms with Gasteiger partial charge in [-0.1, -0.05) is 12.1 Å². The summed E-state index contributed by atoms with van der Waals surface area (Å²) in [6.07, 6.45) is 1.17. The number of nitro benzene ring substituents is 2. The summed E-state index contributed by atoms with van der Waals surface area (Å²) in [6, 6.07) is 7.48. The zero-order valence-corrected chi connectivity index (χ0v) is 16.1. The quantitative estimate of drug-likeness (QED) is 0.411. The highest BCUT2D eigenvalue weighted by molar-refractivity contribution is 8.18. The maximum absolute atomic E-state index is 12.6. The molecular weight excluding hydrogens is 418 g/mol. The van der Waals surface area contributed by atoms with E-state index in [2.05, 4.69) is 0 Å². The van der Waals surface area contributed by atoms with Gasteiger partial charge >= 0.3 is 0 Å². The van der Waals surface area contributed by atoms with Crippen molar-refractivity contribution in [3.63, 3.8) is 0 Å². The second-order valence-electron chi connectivity index (χ2n) is 6.03. The molecule has 3 rings (SSSR count). The van der Waals surface area contributed by atoms with Gasteiger partial charge < -0.3 is 9.84 Å². The van der Waals surface area contributed by atoms with Crippen LogP contribution in [0.1, 0.15) is 11.1 Å². The lowest BCUT2D eigenvalue weighted by atomic mass is 10.1. The van der Waals surface area contributed by atoms with Gasteiger partial charge in [-0.25, -0.2) is 0 Å². The van der Waals surface area contributed by atoms with Crippen molar-refractivity contribution in [3.8, 4) is 11.5 Å². The maximum Gasteiger partial charge on any atom is 0.293 e. The highest BCUT2D eigenvalue weighted by atomic mass is 32.2. The van der Waals surface area contributed by atoms with Crippen molar-refractivity contribution in [3.05, 3.63) is 72.7 Å². The summed E-state index contributed by atoms with van der Waals surface area (Å²) in [5.74, 6) is -1.22. The van der Waals surface area contributed by atoms with Crippen LogP contribution in [-0.4, -0.2) is 38.1 Å². The molecule has 154 valence electrons. The predicted octanol–water partition coefficient (Wildman–Crippen LogP) is 3.45. The van der Waals surface area contributed by atoms with Crippen molar-refractivity contribution in [2.45, 2.75) is 6.54 Å². The number of ether oxygens (including phenoxy) is 1. The monoisotopic (exact) mass is 431 g/mol. The Bertz CT molecular complexity index is 1100. The number of hydrogen-bond acceptors (Lipinski definition) is 9. The molecule has 1 fully saturated rings. The predicted molar refractivity (Wildman–Crippen MR) is 106 cm³/mol. The number of aromatic hydroxyl groups is 1. The minimum atomic E-state index is -0.681. The normalized spacial score (nSPS) is 15.0. The Hall–Kier alpha value is -3.93. The molecule has 0 atom stereocenters. The number of thioether (sulfide) groups is 1. The van der Waals surface area contributed by atoms with Crippen LogP contribution < -0.4 is 4.74 Å². The number of hydrogen-bond donors (Lipinski definition) is 1. The van der Waals surface area contributed by atoms with Gasteiger partial charge in [-0.15, -0.1) is 0 Å². The summed E-state index contributed by atoms with van der Waals surface area (Å²) in [7, 11) is 1.22. The standard InChI is InChI=1S/C18H13N3O8S/c1-29-14-8-13(21(27)28)6-11(16(14)22)7-15-17(23)19(18(24)30-15)9-10-2-4-12(5-3-10)20(25)26/h2-8,22H,9H2,1H3/b15-7-. The molecule has 1 aliphatic rings. The first-order chi connectivity index (χ1) is 14.2. The number of phenols is 1. The molecule has 2 aromatic rings. The van der Waals surface area contributed by atoms with E-state index >= 15 is 0 Å². The van der Waals surface area contributed by atoms with Gasteiger partial charge in [0.1, 0.15) is 0 Å². The van der Waals surface area contributed by atoms with Crippen LogP contribution in [0.25, 0.3) is 6.08 Å². The van der Waals surface area contributed by atoms with Gasteiger partial charge in [0.15, 0.2) is 11.5 Å². The number of non-ortho nitro benzene ring substituents is 2. The van der Waals surface area contributed by atoms with Crippen LogP contribution in [0.3, 0.4) is 0 Å².